The van der Waals surface area contributed by atoms with Gasteiger partial charge in [-0.2, -0.15) is 5.10 Å². The van der Waals surface area contributed by atoms with E-state index in [1.165, 1.54) is 0 Å². The van der Waals surface area contributed by atoms with Crippen LogP contribution in [-0.2, 0) is 4.74 Å². The number of nitrogens with two attached hydrogens (primary N) is 1. The first-order valence-electron chi connectivity index (χ1n) is 5.64. The lowest BCUT2D eigenvalue weighted by Crippen LogP contribution is -2.31. The van der Waals surface area contributed by atoms with Crippen molar-refractivity contribution in [1.82, 2.24) is 9.78 Å². The molecule has 2 rings (SSSR count). The molecule has 90 valence electrons. The largest absolute Gasteiger partial charge is 0.383 e. The molecule has 1 aromatic heterocycles. The van der Waals surface area contributed by atoms with Crippen LogP contribution in [0, 0.1) is 6.92 Å². The monoisotopic (exact) mass is 287 g/mol. The lowest BCUT2D eigenvalue weighted by molar-refractivity contribution is -0.0502. The second-order valence-electron chi connectivity index (χ2n) is 4.61. The average Bonchev–Trinajstić information content (AvgIpc) is 2.44. The number of hydrogen-bond acceptors (Lipinski definition) is 3. The van der Waals surface area contributed by atoms with E-state index < -0.39 is 0 Å². The van der Waals surface area contributed by atoms with Gasteiger partial charge in [-0.1, -0.05) is 0 Å². The van der Waals surface area contributed by atoms with Gasteiger partial charge in [0.2, 0.25) is 0 Å². The topological polar surface area (TPSA) is 53.1 Å². The van der Waals surface area contributed by atoms with Crippen LogP contribution in [0.15, 0.2) is 4.47 Å². The zero-order valence-electron chi connectivity index (χ0n) is 9.90. The molecule has 5 heteroatoms. The molecule has 1 saturated heterocycles. The maximum Gasteiger partial charge on any atom is 0.136 e. The SMILES string of the molecule is Cc1nn(C2CC(C)OC(C)C2)c(N)c1Br. The van der Waals surface area contributed by atoms with Gasteiger partial charge in [0.25, 0.3) is 0 Å². The molecule has 0 radical (unpaired) electrons. The Labute approximate surface area is 104 Å². The van der Waals surface area contributed by atoms with Gasteiger partial charge in [-0.25, -0.2) is 4.68 Å². The Bertz CT molecular complexity index is 381. The van der Waals surface area contributed by atoms with E-state index in [0.29, 0.717) is 6.04 Å². The predicted molar refractivity (Wildman–Crippen MR) is 67.4 cm³/mol. The zero-order chi connectivity index (χ0) is 11.9. The summed E-state index contributed by atoms with van der Waals surface area (Å²) >= 11 is 3.46. The lowest BCUT2D eigenvalue weighted by Gasteiger charge is -2.32. The third-order valence-electron chi connectivity index (χ3n) is 3.07. The first-order valence-corrected chi connectivity index (χ1v) is 6.44. The van der Waals surface area contributed by atoms with Crippen molar-refractivity contribution in [2.75, 3.05) is 5.73 Å². The predicted octanol–water partition coefficient (Wildman–Crippen LogP) is 2.66. The standard InChI is InChI=1S/C11H18BrN3O/c1-6-4-9(5-7(2)16-6)15-11(13)10(12)8(3)14-15/h6-7,9H,4-5,13H2,1-3H3. The summed E-state index contributed by atoms with van der Waals surface area (Å²) in [5.74, 6) is 0.726. The van der Waals surface area contributed by atoms with Crippen LogP contribution in [0.2, 0.25) is 0 Å². The van der Waals surface area contributed by atoms with Crippen LogP contribution in [0.1, 0.15) is 38.4 Å². The zero-order valence-corrected chi connectivity index (χ0v) is 11.5. The molecule has 2 N–H and O–H groups in total. The van der Waals surface area contributed by atoms with E-state index in [-0.39, 0.29) is 12.2 Å². The summed E-state index contributed by atoms with van der Waals surface area (Å²) in [6.45, 7) is 6.16. The van der Waals surface area contributed by atoms with Gasteiger partial charge in [0.1, 0.15) is 5.82 Å². The summed E-state index contributed by atoms with van der Waals surface area (Å²) in [7, 11) is 0. The van der Waals surface area contributed by atoms with Crippen LogP contribution in [0.25, 0.3) is 0 Å². The molecule has 2 heterocycles. The first kappa shape index (κ1) is 11.9. The molecule has 0 aliphatic carbocycles. The smallest absolute Gasteiger partial charge is 0.136 e. The van der Waals surface area contributed by atoms with Crippen LogP contribution in [0.3, 0.4) is 0 Å². The minimum absolute atomic E-state index is 0.274. The van der Waals surface area contributed by atoms with Crippen molar-refractivity contribution >= 4 is 21.7 Å². The third-order valence-corrected chi connectivity index (χ3v) is 4.05. The highest BCUT2D eigenvalue weighted by molar-refractivity contribution is 9.10. The fourth-order valence-corrected chi connectivity index (χ4v) is 2.65. The molecule has 2 atom stereocenters. The molecule has 2 unspecified atom stereocenters. The van der Waals surface area contributed by atoms with E-state index in [1.54, 1.807) is 0 Å². The normalized spacial score (nSPS) is 30.6. The fraction of sp³-hybridized carbons (Fsp3) is 0.727. The fourth-order valence-electron chi connectivity index (χ4n) is 2.39. The van der Waals surface area contributed by atoms with Crippen molar-refractivity contribution in [1.29, 1.82) is 0 Å². The highest BCUT2D eigenvalue weighted by Crippen LogP contribution is 2.33. The summed E-state index contributed by atoms with van der Waals surface area (Å²) in [6.07, 6.45) is 2.50. The minimum Gasteiger partial charge on any atom is -0.383 e. The number of nitrogen functional groups attached to an aromatic ring is 1. The Kier molecular flexibility index (Phi) is 3.26. The number of ether oxygens (including phenoxy) is 1. The van der Waals surface area contributed by atoms with Gasteiger partial charge in [0, 0.05) is 0 Å². The van der Waals surface area contributed by atoms with Crippen molar-refractivity contribution in [3.8, 4) is 0 Å². The van der Waals surface area contributed by atoms with Crippen LogP contribution >= 0.6 is 15.9 Å². The number of rotatable bonds is 1. The molecular weight excluding hydrogens is 270 g/mol. The number of aryl methyl sites for hydroxylation is 1. The van der Waals surface area contributed by atoms with Crippen LogP contribution in [0.5, 0.6) is 0 Å². The molecule has 0 amide bonds. The number of aromatic nitrogens is 2. The first-order chi connectivity index (χ1) is 7.49. The second-order valence-corrected chi connectivity index (χ2v) is 5.40. The van der Waals surface area contributed by atoms with E-state index in [1.807, 2.05) is 11.6 Å². The number of anilines is 1. The molecule has 4 nitrogen and oxygen atoms in total. The summed E-state index contributed by atoms with van der Waals surface area (Å²) in [6, 6.07) is 0.351. The lowest BCUT2D eigenvalue weighted by atomic mass is 10.0. The van der Waals surface area contributed by atoms with Crippen molar-refractivity contribution in [2.45, 2.75) is 51.9 Å². The summed E-state index contributed by atoms with van der Waals surface area (Å²) in [4.78, 5) is 0. The quantitative estimate of drug-likeness (QED) is 0.864. The number of nitrogens with zero attached hydrogens (tertiary/aromatic N) is 2. The molecule has 0 bridgehead atoms. The molecular formula is C11H18BrN3O. The van der Waals surface area contributed by atoms with Gasteiger partial charge in [-0.15, -0.1) is 0 Å². The van der Waals surface area contributed by atoms with Crippen molar-refractivity contribution < 1.29 is 4.74 Å². The van der Waals surface area contributed by atoms with Crippen molar-refractivity contribution in [3.63, 3.8) is 0 Å². The average molecular weight is 288 g/mol. The Balaban J connectivity index is 2.26. The van der Waals surface area contributed by atoms with Crippen molar-refractivity contribution in [2.24, 2.45) is 0 Å². The van der Waals surface area contributed by atoms with Gasteiger partial charge < -0.3 is 10.5 Å². The van der Waals surface area contributed by atoms with E-state index >= 15 is 0 Å². The van der Waals surface area contributed by atoms with E-state index in [2.05, 4.69) is 34.9 Å². The molecule has 0 spiro atoms. The Morgan fingerprint density at radius 3 is 2.38 bits per heavy atom. The number of halogens is 1. The maximum atomic E-state index is 6.04. The molecule has 0 aromatic carbocycles. The van der Waals surface area contributed by atoms with Crippen LogP contribution in [0.4, 0.5) is 5.82 Å². The van der Waals surface area contributed by atoms with Gasteiger partial charge in [0.05, 0.1) is 28.4 Å². The van der Waals surface area contributed by atoms with E-state index in [4.69, 9.17) is 10.5 Å². The van der Waals surface area contributed by atoms with E-state index in [0.717, 1.165) is 28.8 Å². The Hall–Kier alpha value is -0.550. The molecule has 0 saturated carbocycles. The highest BCUT2D eigenvalue weighted by atomic mass is 79.9. The Morgan fingerprint density at radius 1 is 1.38 bits per heavy atom. The Morgan fingerprint density at radius 2 is 1.94 bits per heavy atom. The van der Waals surface area contributed by atoms with Crippen molar-refractivity contribution in [3.05, 3.63) is 10.2 Å². The second kappa shape index (κ2) is 4.37. The maximum absolute atomic E-state index is 6.04. The molecule has 1 fully saturated rings. The van der Waals surface area contributed by atoms with Gasteiger partial charge >= 0.3 is 0 Å². The molecule has 1 aliphatic heterocycles. The van der Waals surface area contributed by atoms with Gasteiger partial charge in [-0.05, 0) is 49.5 Å². The third kappa shape index (κ3) is 2.11. The van der Waals surface area contributed by atoms with E-state index in [9.17, 15) is 0 Å². The van der Waals surface area contributed by atoms with Gasteiger partial charge in [-0.3, -0.25) is 0 Å². The molecule has 1 aliphatic rings. The van der Waals surface area contributed by atoms with Crippen LogP contribution in [-0.4, -0.2) is 22.0 Å². The molecule has 1 aromatic rings. The minimum atomic E-state index is 0.274. The summed E-state index contributed by atoms with van der Waals surface area (Å²) in [5.41, 5.74) is 6.99. The highest BCUT2D eigenvalue weighted by Gasteiger charge is 2.28. The summed E-state index contributed by atoms with van der Waals surface area (Å²) in [5, 5.41) is 4.49. The molecule has 16 heavy (non-hydrogen) atoms. The summed E-state index contributed by atoms with van der Waals surface area (Å²) < 4.78 is 8.58. The number of hydrogen-bond donors (Lipinski definition) is 1. The van der Waals surface area contributed by atoms with Gasteiger partial charge in [0.15, 0.2) is 0 Å². The van der Waals surface area contributed by atoms with Crippen LogP contribution < -0.4 is 5.73 Å².